The Balaban J connectivity index is 1.26. The van der Waals surface area contributed by atoms with Gasteiger partial charge in [-0.25, -0.2) is 14.2 Å². The van der Waals surface area contributed by atoms with Gasteiger partial charge in [0.25, 0.3) is 5.91 Å². The number of nitrogens with zero attached hydrogens (tertiary/aromatic N) is 5. The van der Waals surface area contributed by atoms with Crippen molar-refractivity contribution in [2.45, 2.75) is 19.4 Å². The molecule has 9 nitrogen and oxygen atoms in total. The highest BCUT2D eigenvalue weighted by molar-refractivity contribution is 6.04. The molecule has 0 unspecified atom stereocenters. The molecule has 0 saturated carbocycles. The zero-order valence-corrected chi connectivity index (χ0v) is 22.4. The predicted molar refractivity (Wildman–Crippen MR) is 152 cm³/mol. The van der Waals surface area contributed by atoms with Gasteiger partial charge in [-0.3, -0.25) is 14.3 Å². The van der Waals surface area contributed by atoms with Gasteiger partial charge in [0.2, 0.25) is 0 Å². The van der Waals surface area contributed by atoms with Gasteiger partial charge in [-0.05, 0) is 68.4 Å². The molecule has 2 aromatic carbocycles. The summed E-state index contributed by atoms with van der Waals surface area (Å²) in [6.45, 7) is 1.96. The fourth-order valence-electron chi connectivity index (χ4n) is 4.95. The van der Waals surface area contributed by atoms with Crippen LogP contribution < -0.4 is 15.5 Å². The summed E-state index contributed by atoms with van der Waals surface area (Å²) in [5, 5.41) is 15.4. The van der Waals surface area contributed by atoms with E-state index in [9.17, 15) is 14.0 Å². The molecule has 0 aliphatic carbocycles. The van der Waals surface area contributed by atoms with Crippen LogP contribution in [0.3, 0.4) is 0 Å². The van der Waals surface area contributed by atoms with Crippen molar-refractivity contribution in [2.75, 3.05) is 37.4 Å². The van der Waals surface area contributed by atoms with Gasteiger partial charge < -0.3 is 15.5 Å². The Morgan fingerprint density at radius 1 is 1.10 bits per heavy atom. The number of rotatable bonds is 6. The first kappa shape index (κ1) is 26.8. The van der Waals surface area contributed by atoms with Crippen molar-refractivity contribution in [3.63, 3.8) is 0 Å². The number of amides is 2. The minimum atomic E-state index is -0.454. The first-order valence-corrected chi connectivity index (χ1v) is 13.1. The zero-order valence-electron chi connectivity index (χ0n) is 22.4. The molecule has 2 aromatic heterocycles. The van der Waals surface area contributed by atoms with Crippen molar-refractivity contribution in [3.8, 4) is 6.07 Å². The largest absolute Gasteiger partial charge is 0.344 e. The second-order valence-electron chi connectivity index (χ2n) is 9.88. The van der Waals surface area contributed by atoms with E-state index in [0.717, 1.165) is 48.2 Å². The van der Waals surface area contributed by atoms with E-state index in [2.05, 4.69) is 26.6 Å². The van der Waals surface area contributed by atoms with E-state index in [4.69, 9.17) is 5.26 Å². The Hall–Kier alpha value is -4.75. The standard InChI is InChI=1S/C30H30FN7O2/c1-33-30(40)38-14-10-21-15-24(5-6-27(21)38)36(2)25-7-11-34-28(17-25)35-29(39)22-3-4-23(26(31)16-22)19-37-12-8-20(18-32)9-13-37/h3-7,10-11,14-17,20H,8-9,12-13,19H2,1-2H3,(H,33,40)(H,34,35,39). The number of nitriles is 1. The number of anilines is 3. The Morgan fingerprint density at radius 3 is 2.60 bits per heavy atom. The summed E-state index contributed by atoms with van der Waals surface area (Å²) in [7, 11) is 3.49. The topological polar surface area (TPSA) is 106 Å². The second kappa shape index (κ2) is 11.6. The number of hydrogen-bond donors (Lipinski definition) is 2. The minimum absolute atomic E-state index is 0.0749. The quantitative estimate of drug-likeness (QED) is 0.352. The Morgan fingerprint density at radius 2 is 1.88 bits per heavy atom. The molecule has 4 aromatic rings. The number of benzene rings is 2. The molecule has 40 heavy (non-hydrogen) atoms. The lowest BCUT2D eigenvalue weighted by Gasteiger charge is -2.29. The first-order chi connectivity index (χ1) is 19.4. The predicted octanol–water partition coefficient (Wildman–Crippen LogP) is 5.12. The summed E-state index contributed by atoms with van der Waals surface area (Å²) in [5.74, 6) is -0.474. The van der Waals surface area contributed by atoms with Gasteiger partial charge >= 0.3 is 6.03 Å². The molecule has 204 valence electrons. The Labute approximate surface area is 231 Å². The number of aromatic nitrogens is 2. The summed E-state index contributed by atoms with van der Waals surface area (Å²) < 4.78 is 16.4. The van der Waals surface area contributed by atoms with Gasteiger partial charge in [0, 0.05) is 72.9 Å². The molecule has 0 atom stereocenters. The lowest BCUT2D eigenvalue weighted by atomic mass is 9.98. The smallest absolute Gasteiger partial charge is 0.325 e. The van der Waals surface area contributed by atoms with Crippen LogP contribution in [-0.4, -0.2) is 53.6 Å². The van der Waals surface area contributed by atoms with Gasteiger partial charge in [-0.2, -0.15) is 5.26 Å². The summed E-state index contributed by atoms with van der Waals surface area (Å²) >= 11 is 0. The number of carbonyl (C=O) groups is 2. The van der Waals surface area contributed by atoms with Crippen LogP contribution in [-0.2, 0) is 6.54 Å². The molecule has 1 saturated heterocycles. The highest BCUT2D eigenvalue weighted by Gasteiger charge is 2.20. The van der Waals surface area contributed by atoms with E-state index in [1.165, 1.54) is 6.07 Å². The molecule has 2 amide bonds. The van der Waals surface area contributed by atoms with E-state index < -0.39 is 11.7 Å². The van der Waals surface area contributed by atoms with Crippen LogP contribution in [0, 0.1) is 23.1 Å². The summed E-state index contributed by atoms with van der Waals surface area (Å²) in [6, 6.07) is 17.8. The maximum absolute atomic E-state index is 14.9. The fraction of sp³-hybridized carbons (Fsp3) is 0.267. The molecule has 0 spiro atoms. The monoisotopic (exact) mass is 539 g/mol. The van der Waals surface area contributed by atoms with Crippen LogP contribution in [0.1, 0.15) is 28.8 Å². The van der Waals surface area contributed by atoms with Crippen LogP contribution in [0.5, 0.6) is 0 Å². The van der Waals surface area contributed by atoms with Gasteiger partial charge in [0.1, 0.15) is 11.6 Å². The SMILES string of the molecule is CNC(=O)n1ccc2cc(N(C)c3ccnc(NC(=O)c4ccc(CN5CCC(C#N)CC5)c(F)c4)c3)ccc21. The van der Waals surface area contributed by atoms with Gasteiger partial charge in [-0.1, -0.05) is 6.07 Å². The van der Waals surface area contributed by atoms with Crippen molar-refractivity contribution in [1.82, 2.24) is 19.8 Å². The lowest BCUT2D eigenvalue weighted by molar-refractivity contribution is 0.102. The van der Waals surface area contributed by atoms with Crippen molar-refractivity contribution < 1.29 is 14.0 Å². The van der Waals surface area contributed by atoms with Crippen molar-refractivity contribution >= 4 is 40.0 Å². The Kier molecular flexibility index (Phi) is 7.75. The third-order valence-corrected chi connectivity index (χ3v) is 7.35. The van der Waals surface area contributed by atoms with Gasteiger partial charge in [0.05, 0.1) is 11.6 Å². The van der Waals surface area contributed by atoms with Crippen molar-refractivity contribution in [1.29, 1.82) is 5.26 Å². The zero-order chi connectivity index (χ0) is 28.2. The molecule has 2 N–H and O–H groups in total. The van der Waals surface area contributed by atoms with Gasteiger partial charge in [0.15, 0.2) is 0 Å². The lowest BCUT2D eigenvalue weighted by Crippen LogP contribution is -2.33. The molecule has 10 heteroatoms. The van der Waals surface area contributed by atoms with Crippen LogP contribution in [0.25, 0.3) is 10.9 Å². The molecule has 0 radical (unpaired) electrons. The highest BCUT2D eigenvalue weighted by Crippen LogP contribution is 2.29. The van der Waals surface area contributed by atoms with Crippen LogP contribution in [0.2, 0.25) is 0 Å². The highest BCUT2D eigenvalue weighted by atomic mass is 19.1. The third kappa shape index (κ3) is 5.65. The van der Waals surface area contributed by atoms with Crippen molar-refractivity contribution in [2.24, 2.45) is 5.92 Å². The fourth-order valence-corrected chi connectivity index (χ4v) is 4.95. The van der Waals surface area contributed by atoms with Crippen molar-refractivity contribution in [3.05, 3.63) is 83.9 Å². The average molecular weight is 540 g/mol. The molecular weight excluding hydrogens is 509 g/mol. The second-order valence-corrected chi connectivity index (χ2v) is 9.88. The number of halogens is 1. The van der Waals surface area contributed by atoms with E-state index in [1.54, 1.807) is 42.2 Å². The minimum Gasteiger partial charge on any atom is -0.344 e. The molecule has 3 heterocycles. The van der Waals surface area contributed by atoms with Gasteiger partial charge in [-0.15, -0.1) is 0 Å². The number of pyridine rings is 1. The summed E-state index contributed by atoms with van der Waals surface area (Å²) in [5.41, 5.74) is 3.20. The summed E-state index contributed by atoms with van der Waals surface area (Å²) in [4.78, 5) is 33.3. The summed E-state index contributed by atoms with van der Waals surface area (Å²) in [6.07, 6.45) is 4.90. The molecule has 1 fully saturated rings. The molecule has 1 aliphatic heterocycles. The Bertz CT molecular complexity index is 1600. The molecular formula is C30H30FN7O2. The molecule has 1 aliphatic rings. The number of hydrogen-bond acceptors (Lipinski definition) is 6. The third-order valence-electron chi connectivity index (χ3n) is 7.35. The first-order valence-electron chi connectivity index (χ1n) is 13.1. The normalized spacial score (nSPS) is 14.1. The maximum atomic E-state index is 14.9. The van der Waals surface area contributed by atoms with E-state index in [0.29, 0.717) is 17.9 Å². The van der Waals surface area contributed by atoms with E-state index in [-0.39, 0.29) is 17.5 Å². The number of fused-ring (bicyclic) bond motifs is 1. The number of piperidine rings is 1. The maximum Gasteiger partial charge on any atom is 0.325 e. The van der Waals surface area contributed by atoms with Crippen LogP contribution >= 0.6 is 0 Å². The van der Waals surface area contributed by atoms with Crippen LogP contribution in [0.4, 0.5) is 26.4 Å². The molecule has 5 rings (SSSR count). The van der Waals surface area contributed by atoms with E-state index in [1.807, 2.05) is 42.3 Å². The average Bonchev–Trinajstić information content (AvgIpc) is 3.41. The number of likely N-dealkylation sites (tertiary alicyclic amines) is 1. The van der Waals surface area contributed by atoms with Crippen LogP contribution in [0.15, 0.2) is 67.0 Å². The van der Waals surface area contributed by atoms with E-state index >= 15 is 0 Å². The number of nitrogens with one attached hydrogen (secondary N) is 2. The molecule has 0 bridgehead atoms. The number of carbonyl (C=O) groups excluding carboxylic acids is 2.